The SMILES string of the molecule is CCCCC(C#C[Si](C)(C)C)C(=O)O. The Bertz CT molecular complexity index is 242. The molecule has 0 aliphatic rings. The van der Waals surface area contributed by atoms with E-state index in [2.05, 4.69) is 38.0 Å². The van der Waals surface area contributed by atoms with Gasteiger partial charge in [0.1, 0.15) is 14.0 Å². The topological polar surface area (TPSA) is 37.3 Å². The van der Waals surface area contributed by atoms with Crippen LogP contribution in [0.25, 0.3) is 0 Å². The van der Waals surface area contributed by atoms with Gasteiger partial charge in [0.05, 0.1) is 0 Å². The highest BCUT2D eigenvalue weighted by Crippen LogP contribution is 2.08. The van der Waals surface area contributed by atoms with E-state index in [4.69, 9.17) is 5.11 Å². The Kier molecular flexibility index (Phi) is 5.55. The van der Waals surface area contributed by atoms with Gasteiger partial charge in [-0.05, 0) is 6.42 Å². The lowest BCUT2D eigenvalue weighted by Crippen LogP contribution is -2.19. The minimum absolute atomic E-state index is 0.457. The number of unbranched alkanes of at least 4 members (excludes halogenated alkanes) is 1. The van der Waals surface area contributed by atoms with Crippen LogP contribution in [-0.4, -0.2) is 19.1 Å². The maximum atomic E-state index is 10.8. The predicted molar refractivity (Wildman–Crippen MR) is 61.8 cm³/mol. The second-order valence-corrected chi connectivity index (χ2v) is 9.30. The second-order valence-electron chi connectivity index (χ2n) is 4.55. The second kappa shape index (κ2) is 5.87. The molecule has 0 aliphatic carbocycles. The monoisotopic (exact) mass is 212 g/mol. The molecule has 0 aromatic carbocycles. The average Bonchev–Trinajstić information content (AvgIpc) is 2.01. The van der Waals surface area contributed by atoms with Gasteiger partial charge in [-0.25, -0.2) is 0 Å². The van der Waals surface area contributed by atoms with Crippen molar-refractivity contribution in [1.29, 1.82) is 0 Å². The summed E-state index contributed by atoms with van der Waals surface area (Å²) in [5.74, 6) is 1.68. The van der Waals surface area contributed by atoms with Gasteiger partial charge in [-0.15, -0.1) is 5.54 Å². The lowest BCUT2D eigenvalue weighted by Gasteiger charge is -2.07. The van der Waals surface area contributed by atoms with Crippen molar-refractivity contribution in [1.82, 2.24) is 0 Å². The molecule has 0 rings (SSSR count). The van der Waals surface area contributed by atoms with E-state index in [9.17, 15) is 4.79 Å². The third kappa shape index (κ3) is 6.73. The molecule has 0 amide bonds. The highest BCUT2D eigenvalue weighted by molar-refractivity contribution is 6.83. The molecule has 1 atom stereocenters. The Morgan fingerprint density at radius 2 is 2.00 bits per heavy atom. The van der Waals surface area contributed by atoms with Gasteiger partial charge in [-0.2, -0.15) is 0 Å². The fourth-order valence-corrected chi connectivity index (χ4v) is 1.58. The molecule has 2 nitrogen and oxygen atoms in total. The third-order valence-electron chi connectivity index (χ3n) is 1.77. The zero-order valence-corrected chi connectivity index (χ0v) is 10.6. The van der Waals surface area contributed by atoms with Crippen molar-refractivity contribution >= 4 is 14.0 Å². The average molecular weight is 212 g/mol. The molecule has 0 heterocycles. The predicted octanol–water partition coefficient (Wildman–Crippen LogP) is 2.76. The van der Waals surface area contributed by atoms with E-state index in [1.165, 1.54) is 0 Å². The van der Waals surface area contributed by atoms with Gasteiger partial charge in [0.15, 0.2) is 0 Å². The van der Waals surface area contributed by atoms with Crippen LogP contribution < -0.4 is 0 Å². The summed E-state index contributed by atoms with van der Waals surface area (Å²) >= 11 is 0. The first-order chi connectivity index (χ1) is 6.37. The molecular formula is C11H20O2Si. The van der Waals surface area contributed by atoms with Crippen LogP contribution in [-0.2, 0) is 4.79 Å². The Hall–Kier alpha value is -0.753. The molecule has 0 bridgehead atoms. The van der Waals surface area contributed by atoms with Crippen LogP contribution in [0.2, 0.25) is 19.6 Å². The van der Waals surface area contributed by atoms with Crippen molar-refractivity contribution in [3.63, 3.8) is 0 Å². The van der Waals surface area contributed by atoms with Crippen LogP contribution in [0.15, 0.2) is 0 Å². The maximum Gasteiger partial charge on any atom is 0.318 e. The number of aliphatic carboxylic acids is 1. The van der Waals surface area contributed by atoms with Crippen molar-refractivity contribution < 1.29 is 9.90 Å². The molecule has 0 aromatic rings. The zero-order chi connectivity index (χ0) is 11.2. The number of hydrogen-bond donors (Lipinski definition) is 1. The van der Waals surface area contributed by atoms with Gasteiger partial charge < -0.3 is 5.11 Å². The van der Waals surface area contributed by atoms with Crippen LogP contribution in [0.3, 0.4) is 0 Å². The number of hydrogen-bond acceptors (Lipinski definition) is 1. The maximum absolute atomic E-state index is 10.8. The van der Waals surface area contributed by atoms with Gasteiger partial charge >= 0.3 is 5.97 Å². The Morgan fingerprint density at radius 3 is 2.36 bits per heavy atom. The Balaban J connectivity index is 4.35. The molecule has 0 radical (unpaired) electrons. The molecule has 80 valence electrons. The lowest BCUT2D eigenvalue weighted by molar-refractivity contribution is -0.139. The van der Waals surface area contributed by atoms with Crippen LogP contribution in [0, 0.1) is 17.4 Å². The number of rotatable bonds is 4. The Morgan fingerprint density at radius 1 is 1.43 bits per heavy atom. The fourth-order valence-electron chi connectivity index (χ4n) is 0.969. The number of carboxylic acids is 1. The summed E-state index contributed by atoms with van der Waals surface area (Å²) in [5, 5.41) is 8.91. The summed E-state index contributed by atoms with van der Waals surface area (Å²) in [7, 11) is -1.43. The molecular weight excluding hydrogens is 192 g/mol. The number of carboxylic acid groups (broad SMARTS) is 1. The van der Waals surface area contributed by atoms with Gasteiger partial charge in [0.25, 0.3) is 0 Å². The third-order valence-corrected chi connectivity index (χ3v) is 2.66. The minimum Gasteiger partial charge on any atom is -0.480 e. The van der Waals surface area contributed by atoms with Crippen molar-refractivity contribution in [2.75, 3.05) is 0 Å². The largest absolute Gasteiger partial charge is 0.480 e. The molecule has 1 N–H and O–H groups in total. The lowest BCUT2D eigenvalue weighted by atomic mass is 10.0. The molecule has 0 spiro atoms. The molecule has 0 saturated carbocycles. The highest BCUT2D eigenvalue weighted by Gasteiger charge is 2.15. The first kappa shape index (κ1) is 13.2. The van der Waals surface area contributed by atoms with Crippen molar-refractivity contribution in [3.05, 3.63) is 0 Å². The molecule has 14 heavy (non-hydrogen) atoms. The van der Waals surface area contributed by atoms with Crippen LogP contribution in [0.4, 0.5) is 0 Å². The van der Waals surface area contributed by atoms with E-state index in [0.717, 1.165) is 12.8 Å². The first-order valence-corrected chi connectivity index (χ1v) is 8.62. The van der Waals surface area contributed by atoms with E-state index in [-0.39, 0.29) is 0 Å². The number of carbonyl (C=O) groups is 1. The van der Waals surface area contributed by atoms with E-state index in [0.29, 0.717) is 6.42 Å². The smallest absolute Gasteiger partial charge is 0.318 e. The van der Waals surface area contributed by atoms with E-state index >= 15 is 0 Å². The van der Waals surface area contributed by atoms with Gasteiger partial charge in [0, 0.05) is 0 Å². The molecule has 0 aliphatic heterocycles. The van der Waals surface area contributed by atoms with E-state index in [1.54, 1.807) is 0 Å². The summed E-state index contributed by atoms with van der Waals surface area (Å²) in [6, 6.07) is 0. The van der Waals surface area contributed by atoms with Crippen molar-refractivity contribution in [2.45, 2.75) is 45.8 Å². The van der Waals surface area contributed by atoms with E-state index in [1.807, 2.05) is 0 Å². The van der Waals surface area contributed by atoms with Crippen LogP contribution >= 0.6 is 0 Å². The summed E-state index contributed by atoms with van der Waals surface area (Å²) in [6.45, 7) is 8.43. The quantitative estimate of drug-likeness (QED) is 0.575. The van der Waals surface area contributed by atoms with Gasteiger partial charge in [0.2, 0.25) is 0 Å². The highest BCUT2D eigenvalue weighted by atomic mass is 28.3. The summed E-state index contributed by atoms with van der Waals surface area (Å²) in [4.78, 5) is 10.8. The summed E-state index contributed by atoms with van der Waals surface area (Å²) in [6.07, 6.45) is 2.65. The molecule has 0 aromatic heterocycles. The van der Waals surface area contributed by atoms with Gasteiger partial charge in [-0.1, -0.05) is 45.3 Å². The van der Waals surface area contributed by atoms with E-state index < -0.39 is 20.0 Å². The van der Waals surface area contributed by atoms with Gasteiger partial charge in [-0.3, -0.25) is 4.79 Å². The molecule has 1 unspecified atom stereocenters. The zero-order valence-electron chi connectivity index (χ0n) is 9.55. The van der Waals surface area contributed by atoms with Crippen LogP contribution in [0.5, 0.6) is 0 Å². The first-order valence-electron chi connectivity index (χ1n) is 5.12. The molecule has 3 heteroatoms. The fraction of sp³-hybridized carbons (Fsp3) is 0.727. The standard InChI is InChI=1S/C11H20O2Si/c1-5-6-7-10(11(12)13)8-9-14(2,3)4/h10H,5-7H2,1-4H3,(H,12,13). The Labute approximate surface area is 87.7 Å². The molecule has 0 fully saturated rings. The van der Waals surface area contributed by atoms with Crippen LogP contribution in [0.1, 0.15) is 26.2 Å². The minimum atomic E-state index is -1.43. The van der Waals surface area contributed by atoms with Crippen molar-refractivity contribution in [2.24, 2.45) is 5.92 Å². The summed E-state index contributed by atoms with van der Waals surface area (Å²) < 4.78 is 0. The molecule has 0 saturated heterocycles. The van der Waals surface area contributed by atoms with Crippen molar-refractivity contribution in [3.8, 4) is 11.5 Å². The normalized spacial score (nSPS) is 12.9. The summed E-state index contributed by atoms with van der Waals surface area (Å²) in [5.41, 5.74) is 3.12.